The van der Waals surface area contributed by atoms with Crippen LogP contribution in [0, 0.1) is 18.7 Å². The maximum absolute atomic E-state index is 13.1. The van der Waals surface area contributed by atoms with Gasteiger partial charge in [0.05, 0.1) is 11.3 Å². The van der Waals surface area contributed by atoms with Crippen molar-refractivity contribution < 1.29 is 17.6 Å². The van der Waals surface area contributed by atoms with Gasteiger partial charge in [0.1, 0.15) is 11.6 Å². The molecule has 1 aliphatic rings. The number of fused-ring (bicyclic) bond motifs is 1. The quantitative estimate of drug-likeness (QED) is 0.839. The Morgan fingerprint density at radius 3 is 2.88 bits per heavy atom. The van der Waals surface area contributed by atoms with E-state index >= 15 is 0 Å². The van der Waals surface area contributed by atoms with E-state index in [4.69, 9.17) is 0 Å². The summed E-state index contributed by atoms with van der Waals surface area (Å²) in [4.78, 5) is 0. The smallest absolute Gasteiger partial charge is 0.370 e. The topological polar surface area (TPSA) is 41.9 Å². The first-order valence-corrected chi connectivity index (χ1v) is 7.67. The predicted molar refractivity (Wildman–Crippen MR) is 82.1 cm³/mol. The number of nitrogens with zero attached hydrogens (tertiary/aromatic N) is 2. The molecule has 2 aromatic rings. The van der Waals surface area contributed by atoms with E-state index in [1.54, 1.807) is 0 Å². The molecule has 0 amide bonds. The molecule has 1 aromatic carbocycles. The van der Waals surface area contributed by atoms with Gasteiger partial charge in [-0.1, -0.05) is 6.07 Å². The van der Waals surface area contributed by atoms with Gasteiger partial charge in [0, 0.05) is 38.2 Å². The molecule has 0 bridgehead atoms. The van der Waals surface area contributed by atoms with Crippen molar-refractivity contribution in [1.82, 2.24) is 15.1 Å². The van der Waals surface area contributed by atoms with Gasteiger partial charge in [0.2, 0.25) is 0 Å². The van der Waals surface area contributed by atoms with Gasteiger partial charge in [-0.15, -0.1) is 0 Å². The fraction of sp³-hybridized carbons (Fsp3) is 0.438. The van der Waals surface area contributed by atoms with Crippen molar-refractivity contribution in [1.29, 1.82) is 0 Å². The first kappa shape index (κ1) is 16.8. The van der Waals surface area contributed by atoms with Gasteiger partial charge >= 0.3 is 6.18 Å². The average Bonchev–Trinajstić information content (AvgIpc) is 2.87. The van der Waals surface area contributed by atoms with Crippen LogP contribution >= 0.6 is 0 Å². The van der Waals surface area contributed by atoms with Crippen molar-refractivity contribution in [3.05, 3.63) is 46.9 Å². The van der Waals surface area contributed by atoms with Crippen molar-refractivity contribution in [2.75, 3.05) is 18.4 Å². The molecule has 0 unspecified atom stereocenters. The van der Waals surface area contributed by atoms with Gasteiger partial charge in [-0.05, 0) is 24.6 Å². The largest absolute Gasteiger partial charge is 0.416 e. The SMILES string of the molecule is Cc1cc2n(n1)C[C@H](CNCc1ccc(F)cc1C(F)(F)F)CN2. The monoisotopic (exact) mass is 342 g/mol. The summed E-state index contributed by atoms with van der Waals surface area (Å²) in [5.41, 5.74) is 0.0392. The number of halogens is 4. The molecule has 130 valence electrons. The van der Waals surface area contributed by atoms with Gasteiger partial charge in [0.15, 0.2) is 0 Å². The van der Waals surface area contributed by atoms with Gasteiger partial charge in [-0.2, -0.15) is 18.3 Å². The second-order valence-electron chi connectivity index (χ2n) is 6.03. The third kappa shape index (κ3) is 3.69. The van der Waals surface area contributed by atoms with Gasteiger partial charge in [0.25, 0.3) is 0 Å². The number of nitrogens with one attached hydrogen (secondary N) is 2. The number of aryl methyl sites for hydroxylation is 1. The Morgan fingerprint density at radius 1 is 1.33 bits per heavy atom. The van der Waals surface area contributed by atoms with Crippen LogP contribution in [-0.4, -0.2) is 22.9 Å². The van der Waals surface area contributed by atoms with E-state index in [1.807, 2.05) is 17.7 Å². The molecule has 24 heavy (non-hydrogen) atoms. The maximum Gasteiger partial charge on any atom is 0.416 e. The Labute approximate surface area is 136 Å². The van der Waals surface area contributed by atoms with E-state index in [0.717, 1.165) is 24.1 Å². The van der Waals surface area contributed by atoms with Gasteiger partial charge in [-0.25, -0.2) is 9.07 Å². The van der Waals surface area contributed by atoms with Crippen LogP contribution in [0.4, 0.5) is 23.4 Å². The summed E-state index contributed by atoms with van der Waals surface area (Å²) in [6.07, 6.45) is -4.56. The summed E-state index contributed by atoms with van der Waals surface area (Å²) in [5, 5.41) is 10.7. The summed E-state index contributed by atoms with van der Waals surface area (Å²) in [6.45, 7) is 3.93. The summed E-state index contributed by atoms with van der Waals surface area (Å²) in [6, 6.07) is 4.72. The third-order valence-corrected chi connectivity index (χ3v) is 4.03. The second-order valence-corrected chi connectivity index (χ2v) is 6.03. The van der Waals surface area contributed by atoms with Crippen molar-refractivity contribution in [2.24, 2.45) is 5.92 Å². The minimum Gasteiger partial charge on any atom is -0.370 e. The first-order valence-electron chi connectivity index (χ1n) is 7.67. The minimum absolute atomic E-state index is 0.0383. The molecule has 1 atom stereocenters. The third-order valence-electron chi connectivity index (χ3n) is 4.03. The normalized spacial score (nSPS) is 17.5. The predicted octanol–water partition coefficient (Wildman–Crippen LogP) is 3.18. The highest BCUT2D eigenvalue weighted by Gasteiger charge is 2.33. The lowest BCUT2D eigenvalue weighted by Gasteiger charge is -2.25. The van der Waals surface area contributed by atoms with E-state index in [9.17, 15) is 17.6 Å². The molecule has 4 nitrogen and oxygen atoms in total. The summed E-state index contributed by atoms with van der Waals surface area (Å²) in [7, 11) is 0. The molecule has 0 spiro atoms. The fourth-order valence-electron chi connectivity index (χ4n) is 2.90. The zero-order chi connectivity index (χ0) is 17.3. The van der Waals surface area contributed by atoms with E-state index < -0.39 is 17.6 Å². The van der Waals surface area contributed by atoms with Crippen LogP contribution in [0.15, 0.2) is 24.3 Å². The van der Waals surface area contributed by atoms with E-state index in [0.29, 0.717) is 19.2 Å². The van der Waals surface area contributed by atoms with Crippen molar-refractivity contribution >= 4 is 5.82 Å². The highest BCUT2D eigenvalue weighted by molar-refractivity contribution is 5.38. The Balaban J connectivity index is 1.60. The van der Waals surface area contributed by atoms with Crippen molar-refractivity contribution in [3.63, 3.8) is 0 Å². The zero-order valence-electron chi connectivity index (χ0n) is 13.1. The van der Waals surface area contributed by atoms with Gasteiger partial charge < -0.3 is 10.6 Å². The molecule has 0 radical (unpaired) electrons. The number of hydrogen-bond donors (Lipinski definition) is 2. The Morgan fingerprint density at radius 2 is 2.12 bits per heavy atom. The maximum atomic E-state index is 13.1. The minimum atomic E-state index is -4.56. The fourth-order valence-corrected chi connectivity index (χ4v) is 2.90. The van der Waals surface area contributed by atoms with E-state index in [2.05, 4.69) is 15.7 Å². The van der Waals surface area contributed by atoms with Crippen LogP contribution in [0.2, 0.25) is 0 Å². The number of anilines is 1. The molecule has 2 heterocycles. The Kier molecular flexibility index (Phi) is 4.49. The molecule has 1 aliphatic heterocycles. The summed E-state index contributed by atoms with van der Waals surface area (Å²) < 4.78 is 53.8. The molecular formula is C16H18F4N4. The Hall–Kier alpha value is -2.09. The second kappa shape index (κ2) is 6.43. The number of alkyl halides is 3. The number of hydrogen-bond acceptors (Lipinski definition) is 3. The van der Waals surface area contributed by atoms with Crippen LogP contribution in [-0.2, 0) is 19.3 Å². The van der Waals surface area contributed by atoms with Crippen LogP contribution < -0.4 is 10.6 Å². The Bertz CT molecular complexity index is 723. The molecule has 0 saturated heterocycles. The molecule has 0 aliphatic carbocycles. The van der Waals surface area contributed by atoms with Crippen molar-refractivity contribution in [2.45, 2.75) is 26.2 Å². The highest BCUT2D eigenvalue weighted by Crippen LogP contribution is 2.32. The van der Waals surface area contributed by atoms with Crippen LogP contribution in [0.3, 0.4) is 0 Å². The lowest BCUT2D eigenvalue weighted by Crippen LogP contribution is -2.35. The zero-order valence-corrected chi connectivity index (χ0v) is 13.1. The molecule has 1 aromatic heterocycles. The standard InChI is InChI=1S/C16H18F4N4/c1-10-4-15-22-7-11(9-24(15)23-10)6-21-8-12-2-3-13(17)5-14(12)16(18,19)20/h2-5,11,21-22H,6-9H2,1H3/t11-/m1/s1. The van der Waals surface area contributed by atoms with Crippen LogP contribution in [0.5, 0.6) is 0 Å². The average molecular weight is 342 g/mol. The number of rotatable bonds is 4. The summed E-state index contributed by atoms with van der Waals surface area (Å²) >= 11 is 0. The highest BCUT2D eigenvalue weighted by atomic mass is 19.4. The van der Waals surface area contributed by atoms with Crippen molar-refractivity contribution in [3.8, 4) is 0 Å². The molecular weight excluding hydrogens is 324 g/mol. The lowest BCUT2D eigenvalue weighted by molar-refractivity contribution is -0.138. The molecule has 8 heteroatoms. The van der Waals surface area contributed by atoms with Gasteiger partial charge in [-0.3, -0.25) is 0 Å². The summed E-state index contributed by atoms with van der Waals surface area (Å²) in [5.74, 6) is 0.289. The molecule has 0 saturated carbocycles. The van der Waals surface area contributed by atoms with E-state index in [1.165, 1.54) is 6.07 Å². The lowest BCUT2D eigenvalue weighted by atomic mass is 10.1. The number of aromatic nitrogens is 2. The van der Waals surface area contributed by atoms with Crippen LogP contribution in [0.1, 0.15) is 16.8 Å². The van der Waals surface area contributed by atoms with E-state index in [-0.39, 0.29) is 18.0 Å². The van der Waals surface area contributed by atoms with Crippen LogP contribution in [0.25, 0.3) is 0 Å². The molecule has 3 rings (SSSR count). The number of benzene rings is 1. The first-order chi connectivity index (χ1) is 11.3. The molecule has 2 N–H and O–H groups in total. The molecule has 0 fully saturated rings.